The fourth-order valence-corrected chi connectivity index (χ4v) is 6.26. The molecule has 0 bridgehead atoms. The van der Waals surface area contributed by atoms with Crippen LogP contribution in [0.15, 0.2) is 84.9 Å². The number of hydrogen-bond acceptors (Lipinski definition) is 7. The molecule has 0 spiro atoms. The van der Waals surface area contributed by atoms with E-state index in [1.165, 1.54) is 12.1 Å². The van der Waals surface area contributed by atoms with Crippen LogP contribution in [0.4, 0.5) is 18.9 Å². The Kier molecular flexibility index (Phi) is 12.1. The predicted molar refractivity (Wildman–Crippen MR) is 193 cm³/mol. The topological polar surface area (TPSA) is 101 Å². The Bertz CT molecular complexity index is 1850. The molecule has 276 valence electrons. The summed E-state index contributed by atoms with van der Waals surface area (Å²) in [6.07, 6.45) is -5.09. The second kappa shape index (κ2) is 16.5. The highest BCUT2D eigenvalue weighted by molar-refractivity contribution is 6.02. The third kappa shape index (κ3) is 9.04. The number of methoxy groups -OCH3 is 2. The van der Waals surface area contributed by atoms with Gasteiger partial charge in [0.05, 0.1) is 50.1 Å². The summed E-state index contributed by atoms with van der Waals surface area (Å²) in [6.45, 7) is 4.92. The van der Waals surface area contributed by atoms with Gasteiger partial charge >= 0.3 is 6.18 Å². The van der Waals surface area contributed by atoms with E-state index in [0.717, 1.165) is 28.8 Å². The number of amides is 2. The average molecular weight is 720 g/mol. The van der Waals surface area contributed by atoms with E-state index >= 15 is 0 Å². The molecule has 0 saturated carbocycles. The molecule has 1 aliphatic heterocycles. The number of ether oxygens (including phenoxy) is 3. The summed E-state index contributed by atoms with van der Waals surface area (Å²) in [5.74, 6) is 0.614. The van der Waals surface area contributed by atoms with Crippen molar-refractivity contribution in [2.45, 2.75) is 45.1 Å². The Morgan fingerprint density at radius 3 is 2.33 bits per heavy atom. The molecule has 4 aromatic rings. The Morgan fingerprint density at radius 1 is 1.00 bits per heavy atom. The minimum absolute atomic E-state index is 0.172. The smallest absolute Gasteiger partial charge is 0.416 e. The van der Waals surface area contributed by atoms with Crippen molar-refractivity contribution < 1.29 is 42.1 Å². The third-order valence-electron chi connectivity index (χ3n) is 9.23. The number of benzene rings is 4. The van der Waals surface area contributed by atoms with E-state index in [9.17, 15) is 27.9 Å². The van der Waals surface area contributed by atoms with Gasteiger partial charge < -0.3 is 29.5 Å². The fraction of sp³-hybridized carbons (Fsp3) is 0.350. The highest BCUT2D eigenvalue weighted by Gasteiger charge is 2.35. The third-order valence-corrected chi connectivity index (χ3v) is 9.23. The zero-order valence-electron chi connectivity index (χ0n) is 29.9. The molecule has 4 aromatic carbocycles. The van der Waals surface area contributed by atoms with Gasteiger partial charge in [-0.15, -0.1) is 0 Å². The monoisotopic (exact) mass is 719 g/mol. The molecule has 3 atom stereocenters. The van der Waals surface area contributed by atoms with E-state index < -0.39 is 29.8 Å². The maximum atomic E-state index is 13.9. The Labute approximate surface area is 301 Å². The van der Waals surface area contributed by atoms with E-state index in [-0.39, 0.29) is 41.9 Å². The first-order valence-corrected chi connectivity index (χ1v) is 17.0. The number of nitrogens with zero attached hydrogens (tertiary/aromatic N) is 2. The number of aliphatic hydroxyl groups excluding tert-OH is 1. The summed E-state index contributed by atoms with van der Waals surface area (Å²) in [7, 11) is 5.21. The maximum absolute atomic E-state index is 13.9. The molecule has 12 heteroatoms. The van der Waals surface area contributed by atoms with E-state index in [4.69, 9.17) is 14.2 Å². The number of carbonyl (C=O) groups excluding carboxylic acids is 2. The fourth-order valence-electron chi connectivity index (χ4n) is 6.26. The molecule has 0 saturated heterocycles. The van der Waals surface area contributed by atoms with Crippen molar-refractivity contribution in [3.05, 3.63) is 107 Å². The molecule has 0 fully saturated rings. The zero-order chi connectivity index (χ0) is 37.6. The number of alkyl halides is 3. The van der Waals surface area contributed by atoms with Crippen LogP contribution in [-0.2, 0) is 23.9 Å². The van der Waals surface area contributed by atoms with Gasteiger partial charge in [0.2, 0.25) is 5.91 Å². The highest BCUT2D eigenvalue weighted by Crippen LogP contribution is 2.36. The lowest BCUT2D eigenvalue weighted by molar-refractivity contribution is -0.137. The van der Waals surface area contributed by atoms with Crippen LogP contribution >= 0.6 is 0 Å². The number of halogens is 3. The molecule has 2 amide bonds. The lowest BCUT2D eigenvalue weighted by atomic mass is 9.98. The number of fused-ring (bicyclic) bond motifs is 1. The van der Waals surface area contributed by atoms with Crippen LogP contribution in [0, 0.1) is 5.92 Å². The van der Waals surface area contributed by atoms with Gasteiger partial charge in [-0.3, -0.25) is 14.5 Å². The number of aliphatic hydroxyl groups is 1. The predicted octanol–water partition coefficient (Wildman–Crippen LogP) is 6.92. The molecular formula is C40H44F3N3O6. The van der Waals surface area contributed by atoms with Crippen molar-refractivity contribution in [2.75, 3.05) is 46.3 Å². The number of anilines is 1. The summed E-state index contributed by atoms with van der Waals surface area (Å²) < 4.78 is 56.7. The number of likely N-dealkylation sites (N-methyl/N-ethyl adjacent to an activating group) is 1. The van der Waals surface area contributed by atoms with Gasteiger partial charge in [-0.1, -0.05) is 49.4 Å². The van der Waals surface area contributed by atoms with E-state index in [0.29, 0.717) is 36.7 Å². The average Bonchev–Trinajstić information content (AvgIpc) is 3.12. The maximum Gasteiger partial charge on any atom is 0.416 e. The van der Waals surface area contributed by atoms with Crippen molar-refractivity contribution in [2.24, 2.45) is 5.92 Å². The molecular weight excluding hydrogens is 675 g/mol. The lowest BCUT2D eigenvalue weighted by Gasteiger charge is -2.38. The Morgan fingerprint density at radius 2 is 1.69 bits per heavy atom. The Hall–Kier alpha value is -5.07. The minimum atomic E-state index is -4.48. The van der Waals surface area contributed by atoms with Crippen molar-refractivity contribution in [3.8, 4) is 28.4 Å². The quantitative estimate of drug-likeness (QED) is 0.164. The van der Waals surface area contributed by atoms with Crippen molar-refractivity contribution in [1.82, 2.24) is 9.80 Å². The van der Waals surface area contributed by atoms with Crippen LogP contribution in [-0.4, -0.2) is 79.8 Å². The first-order valence-electron chi connectivity index (χ1n) is 17.0. The van der Waals surface area contributed by atoms with Gasteiger partial charge in [0.25, 0.3) is 5.91 Å². The minimum Gasteiger partial charge on any atom is -0.497 e. The molecule has 52 heavy (non-hydrogen) atoms. The molecule has 1 heterocycles. The van der Waals surface area contributed by atoms with Gasteiger partial charge in [-0.05, 0) is 67.1 Å². The Balaban J connectivity index is 1.35. The van der Waals surface area contributed by atoms with Crippen LogP contribution in [0.1, 0.15) is 40.9 Å². The molecule has 0 aliphatic carbocycles. The first-order chi connectivity index (χ1) is 24.8. The molecule has 0 radical (unpaired) electrons. The van der Waals surface area contributed by atoms with Gasteiger partial charge in [-0.2, -0.15) is 13.2 Å². The normalized spacial score (nSPS) is 16.7. The number of hydrogen-bond donors (Lipinski definition) is 2. The van der Waals surface area contributed by atoms with Gasteiger partial charge in [0.15, 0.2) is 5.75 Å². The van der Waals surface area contributed by atoms with Crippen molar-refractivity contribution >= 4 is 17.5 Å². The van der Waals surface area contributed by atoms with Crippen LogP contribution in [0.25, 0.3) is 11.1 Å². The van der Waals surface area contributed by atoms with Crippen molar-refractivity contribution in [3.63, 3.8) is 0 Å². The second-order valence-corrected chi connectivity index (χ2v) is 13.2. The zero-order valence-corrected chi connectivity index (χ0v) is 29.9. The molecule has 0 aromatic heterocycles. The van der Waals surface area contributed by atoms with Crippen LogP contribution < -0.4 is 19.5 Å². The summed E-state index contributed by atoms with van der Waals surface area (Å²) in [6, 6.07) is 22.7. The summed E-state index contributed by atoms with van der Waals surface area (Å²) in [4.78, 5) is 30.8. The van der Waals surface area contributed by atoms with Gasteiger partial charge in [-0.25, -0.2) is 0 Å². The molecule has 5 rings (SSSR count). The standard InChI is InChI=1S/C40H44F3N3O6/c1-25-21-46(26(2)24-47)39(49)33-7-6-8-34(44-37(48)19-27-11-15-30(16-12-27)40(41,42)43)38(33)52-36(25)23-45(3)22-28-9-13-29(14-10-28)32-18-17-31(50-4)20-35(32)51-5/h6-18,20,25-26,36,47H,19,21-24H2,1-5H3,(H,44,48)/t25-,26+,36-/m1/s1. The highest BCUT2D eigenvalue weighted by atomic mass is 19.4. The second-order valence-electron chi connectivity index (χ2n) is 13.2. The number of carbonyl (C=O) groups is 2. The number of nitrogens with one attached hydrogen (secondary N) is 1. The number of rotatable bonds is 12. The summed E-state index contributed by atoms with van der Waals surface area (Å²) in [5, 5.41) is 12.8. The van der Waals surface area contributed by atoms with Gasteiger partial charge in [0.1, 0.15) is 17.6 Å². The molecule has 2 N–H and O–H groups in total. The number of para-hydroxylation sites is 1. The van der Waals surface area contributed by atoms with Crippen LogP contribution in [0.2, 0.25) is 0 Å². The SMILES string of the molecule is COc1ccc(-c2ccc(CN(C)C[C@H]3Oc4c(NC(=O)Cc5ccc(C(F)(F)F)cc5)cccc4C(=O)N([C@@H](C)CO)C[C@H]3C)cc2)c(OC)c1. The molecule has 9 nitrogen and oxygen atoms in total. The lowest BCUT2D eigenvalue weighted by Crippen LogP contribution is -2.49. The van der Waals surface area contributed by atoms with Crippen molar-refractivity contribution in [1.29, 1.82) is 0 Å². The molecule has 1 aliphatic rings. The first kappa shape index (κ1) is 38.2. The van der Waals surface area contributed by atoms with Crippen LogP contribution in [0.3, 0.4) is 0 Å². The van der Waals surface area contributed by atoms with E-state index in [1.807, 2.05) is 44.3 Å². The van der Waals surface area contributed by atoms with E-state index in [2.05, 4.69) is 22.3 Å². The largest absolute Gasteiger partial charge is 0.497 e. The van der Waals surface area contributed by atoms with Gasteiger partial charge in [0, 0.05) is 37.2 Å². The summed E-state index contributed by atoms with van der Waals surface area (Å²) in [5.41, 5.74) is 3.11. The summed E-state index contributed by atoms with van der Waals surface area (Å²) >= 11 is 0. The molecule has 0 unspecified atom stereocenters. The van der Waals surface area contributed by atoms with E-state index in [1.54, 1.807) is 44.2 Å². The van der Waals surface area contributed by atoms with Crippen LogP contribution in [0.5, 0.6) is 17.2 Å².